The van der Waals surface area contributed by atoms with Crippen LogP contribution < -0.4 is 5.32 Å². The molecule has 0 spiro atoms. The van der Waals surface area contributed by atoms with Gasteiger partial charge < -0.3 is 10.2 Å². The molecule has 1 aliphatic rings. The van der Waals surface area contributed by atoms with Gasteiger partial charge in [0.15, 0.2) is 0 Å². The first-order chi connectivity index (χ1) is 11.2. The molecule has 0 saturated carbocycles. The smallest absolute Gasteiger partial charge is 0.245 e. The van der Waals surface area contributed by atoms with Crippen molar-refractivity contribution in [2.24, 2.45) is 0 Å². The summed E-state index contributed by atoms with van der Waals surface area (Å²) >= 11 is 5.82. The molecule has 3 rings (SSSR count). The van der Waals surface area contributed by atoms with Gasteiger partial charge in [-0.15, -0.1) is 0 Å². The minimum Gasteiger partial charge on any atom is -0.358 e. The van der Waals surface area contributed by atoms with Crippen molar-refractivity contribution in [2.75, 3.05) is 18.4 Å². The molecule has 4 nitrogen and oxygen atoms in total. The Kier molecular flexibility index (Phi) is 5.13. The van der Waals surface area contributed by atoms with Gasteiger partial charge >= 0.3 is 0 Å². The molecule has 23 heavy (non-hydrogen) atoms. The number of carbonyl (C=O) groups excluding carboxylic acids is 1. The van der Waals surface area contributed by atoms with Crippen molar-refractivity contribution in [2.45, 2.75) is 25.3 Å². The molecule has 120 valence electrons. The maximum absolute atomic E-state index is 12.4. The number of likely N-dealkylation sites (tertiary alicyclic amines) is 1. The van der Waals surface area contributed by atoms with Gasteiger partial charge in [-0.25, -0.2) is 4.98 Å². The Morgan fingerprint density at radius 2 is 2.04 bits per heavy atom. The third-order valence-electron chi connectivity index (χ3n) is 4.08. The molecule has 1 aliphatic heterocycles. The van der Waals surface area contributed by atoms with Crippen LogP contribution in [0.15, 0.2) is 48.7 Å². The lowest BCUT2D eigenvalue weighted by molar-refractivity contribution is -0.128. The molecular formula is C18H20ClN3O. The van der Waals surface area contributed by atoms with Gasteiger partial charge in [-0.1, -0.05) is 41.9 Å². The van der Waals surface area contributed by atoms with E-state index in [0.717, 1.165) is 32.4 Å². The summed E-state index contributed by atoms with van der Waals surface area (Å²) in [5, 5.41) is 3.79. The topological polar surface area (TPSA) is 45.2 Å². The van der Waals surface area contributed by atoms with Crippen LogP contribution in [-0.4, -0.2) is 34.9 Å². The summed E-state index contributed by atoms with van der Waals surface area (Å²) in [4.78, 5) is 18.6. The molecule has 5 heteroatoms. The first kappa shape index (κ1) is 15.8. The number of aryl methyl sites for hydroxylation is 1. The van der Waals surface area contributed by atoms with E-state index in [4.69, 9.17) is 11.6 Å². The number of benzene rings is 1. The SMILES string of the molecule is O=C1C(Nc2ccc(Cl)cn2)CCN1CCCc1ccccc1. The molecule has 1 fully saturated rings. The highest BCUT2D eigenvalue weighted by Crippen LogP contribution is 2.18. The summed E-state index contributed by atoms with van der Waals surface area (Å²) < 4.78 is 0. The van der Waals surface area contributed by atoms with Crippen LogP contribution >= 0.6 is 11.6 Å². The van der Waals surface area contributed by atoms with E-state index < -0.39 is 0 Å². The first-order valence-corrected chi connectivity index (χ1v) is 8.31. The van der Waals surface area contributed by atoms with Crippen LogP contribution in [0, 0.1) is 0 Å². The molecule has 1 amide bonds. The fraction of sp³-hybridized carbons (Fsp3) is 0.333. The number of aromatic nitrogens is 1. The lowest BCUT2D eigenvalue weighted by Gasteiger charge is -2.17. The summed E-state index contributed by atoms with van der Waals surface area (Å²) in [6.07, 6.45) is 4.39. The van der Waals surface area contributed by atoms with Crippen LogP contribution in [0.2, 0.25) is 5.02 Å². The number of hydrogen-bond donors (Lipinski definition) is 1. The first-order valence-electron chi connectivity index (χ1n) is 7.93. The van der Waals surface area contributed by atoms with Crippen LogP contribution in [0.1, 0.15) is 18.4 Å². The van der Waals surface area contributed by atoms with Crippen LogP contribution in [0.4, 0.5) is 5.82 Å². The Hall–Kier alpha value is -2.07. The van der Waals surface area contributed by atoms with E-state index in [-0.39, 0.29) is 11.9 Å². The number of halogens is 1. The third-order valence-corrected chi connectivity index (χ3v) is 4.31. The van der Waals surface area contributed by atoms with Gasteiger partial charge in [0.2, 0.25) is 5.91 Å². The van der Waals surface area contributed by atoms with E-state index in [1.807, 2.05) is 11.0 Å². The van der Waals surface area contributed by atoms with E-state index in [1.165, 1.54) is 5.56 Å². The normalized spacial score (nSPS) is 17.5. The molecule has 1 aromatic heterocycles. The van der Waals surface area contributed by atoms with Crippen molar-refractivity contribution in [1.82, 2.24) is 9.88 Å². The molecule has 2 aromatic rings. The second-order valence-electron chi connectivity index (χ2n) is 5.76. The highest BCUT2D eigenvalue weighted by Gasteiger charge is 2.31. The minimum atomic E-state index is -0.180. The van der Waals surface area contributed by atoms with Gasteiger partial charge in [-0.05, 0) is 37.0 Å². The van der Waals surface area contributed by atoms with Crippen LogP contribution in [-0.2, 0) is 11.2 Å². The Labute approximate surface area is 141 Å². The fourth-order valence-corrected chi connectivity index (χ4v) is 2.97. The number of anilines is 1. The zero-order valence-corrected chi connectivity index (χ0v) is 13.7. The number of nitrogens with zero attached hydrogens (tertiary/aromatic N) is 2. The summed E-state index contributed by atoms with van der Waals surface area (Å²) in [5.74, 6) is 0.855. The van der Waals surface area contributed by atoms with Gasteiger partial charge in [0.1, 0.15) is 11.9 Å². The molecule has 1 aromatic carbocycles. The molecule has 0 bridgehead atoms. The molecule has 0 aliphatic carbocycles. The predicted octanol–water partition coefficient (Wildman–Crippen LogP) is 3.38. The van der Waals surface area contributed by atoms with Gasteiger partial charge in [0, 0.05) is 19.3 Å². The Morgan fingerprint density at radius 1 is 1.22 bits per heavy atom. The quantitative estimate of drug-likeness (QED) is 0.883. The number of carbonyl (C=O) groups is 1. The van der Waals surface area contributed by atoms with Crippen molar-refractivity contribution in [3.05, 3.63) is 59.2 Å². The van der Waals surface area contributed by atoms with E-state index in [2.05, 4.69) is 34.6 Å². The number of hydrogen-bond acceptors (Lipinski definition) is 3. The lowest BCUT2D eigenvalue weighted by atomic mass is 10.1. The zero-order valence-electron chi connectivity index (χ0n) is 12.9. The molecule has 1 N–H and O–H groups in total. The number of nitrogens with one attached hydrogen (secondary N) is 1. The number of rotatable bonds is 6. The van der Waals surface area contributed by atoms with E-state index in [1.54, 1.807) is 18.3 Å². The second kappa shape index (κ2) is 7.47. The minimum absolute atomic E-state index is 0.162. The average Bonchev–Trinajstić information content (AvgIpc) is 2.91. The van der Waals surface area contributed by atoms with Gasteiger partial charge in [0.25, 0.3) is 0 Å². The van der Waals surface area contributed by atoms with Crippen molar-refractivity contribution in [3.63, 3.8) is 0 Å². The standard InChI is InChI=1S/C18H20ClN3O/c19-15-8-9-17(20-13-15)21-16-10-12-22(18(16)23)11-4-7-14-5-2-1-3-6-14/h1-3,5-6,8-9,13,16H,4,7,10-12H2,(H,20,21). The van der Waals surface area contributed by atoms with Crippen molar-refractivity contribution in [1.29, 1.82) is 0 Å². The Morgan fingerprint density at radius 3 is 2.78 bits per heavy atom. The largest absolute Gasteiger partial charge is 0.358 e. The van der Waals surface area contributed by atoms with Crippen molar-refractivity contribution >= 4 is 23.3 Å². The van der Waals surface area contributed by atoms with Crippen LogP contribution in [0.3, 0.4) is 0 Å². The van der Waals surface area contributed by atoms with E-state index in [9.17, 15) is 4.79 Å². The molecule has 1 atom stereocenters. The van der Waals surface area contributed by atoms with Gasteiger partial charge in [0.05, 0.1) is 5.02 Å². The van der Waals surface area contributed by atoms with Crippen molar-refractivity contribution < 1.29 is 4.79 Å². The summed E-state index contributed by atoms with van der Waals surface area (Å²) in [6.45, 7) is 1.61. The second-order valence-corrected chi connectivity index (χ2v) is 6.20. The summed E-state index contributed by atoms with van der Waals surface area (Å²) in [7, 11) is 0. The monoisotopic (exact) mass is 329 g/mol. The van der Waals surface area contributed by atoms with E-state index in [0.29, 0.717) is 10.8 Å². The lowest BCUT2D eigenvalue weighted by Crippen LogP contribution is -2.34. The summed E-state index contributed by atoms with van der Waals surface area (Å²) in [6, 6.07) is 13.8. The Balaban J connectivity index is 1.47. The van der Waals surface area contributed by atoms with Gasteiger partial charge in [-0.2, -0.15) is 0 Å². The number of pyridine rings is 1. The predicted molar refractivity (Wildman–Crippen MR) is 92.6 cm³/mol. The highest BCUT2D eigenvalue weighted by atomic mass is 35.5. The molecule has 2 heterocycles. The maximum atomic E-state index is 12.4. The van der Waals surface area contributed by atoms with Crippen molar-refractivity contribution in [3.8, 4) is 0 Å². The van der Waals surface area contributed by atoms with Crippen LogP contribution in [0.25, 0.3) is 0 Å². The highest BCUT2D eigenvalue weighted by molar-refractivity contribution is 6.30. The Bertz CT molecular complexity index is 645. The maximum Gasteiger partial charge on any atom is 0.245 e. The zero-order chi connectivity index (χ0) is 16.1. The molecule has 0 radical (unpaired) electrons. The third kappa shape index (κ3) is 4.23. The van der Waals surface area contributed by atoms with Gasteiger partial charge in [-0.3, -0.25) is 4.79 Å². The number of amides is 1. The molecular weight excluding hydrogens is 310 g/mol. The summed E-state index contributed by atoms with van der Waals surface area (Å²) in [5.41, 5.74) is 1.32. The molecule has 1 unspecified atom stereocenters. The average molecular weight is 330 g/mol. The fourth-order valence-electron chi connectivity index (χ4n) is 2.85. The van der Waals surface area contributed by atoms with E-state index >= 15 is 0 Å². The molecule has 1 saturated heterocycles. The van der Waals surface area contributed by atoms with Crippen LogP contribution in [0.5, 0.6) is 0 Å².